The highest BCUT2D eigenvalue weighted by Crippen LogP contribution is 2.21. The topological polar surface area (TPSA) is 47.3 Å². The van der Waals surface area contributed by atoms with Gasteiger partial charge in [-0.05, 0) is 29.7 Å². The maximum absolute atomic E-state index is 10.5. The van der Waals surface area contributed by atoms with Gasteiger partial charge in [0, 0.05) is 25.4 Å². The van der Waals surface area contributed by atoms with Crippen molar-refractivity contribution in [3.05, 3.63) is 83.9 Å². The Hall–Kier alpha value is -2.59. The third kappa shape index (κ3) is 4.70. The summed E-state index contributed by atoms with van der Waals surface area (Å²) in [6.45, 7) is 3.60. The van der Waals surface area contributed by atoms with E-state index < -0.39 is 6.10 Å². The van der Waals surface area contributed by atoms with Gasteiger partial charge in [0.15, 0.2) is 0 Å². The van der Waals surface area contributed by atoms with Gasteiger partial charge in [0.1, 0.15) is 18.2 Å². The molecule has 0 fully saturated rings. The molecule has 0 saturated carbocycles. The van der Waals surface area contributed by atoms with Crippen molar-refractivity contribution in [3.8, 4) is 5.75 Å². The summed E-state index contributed by atoms with van der Waals surface area (Å²) < 4.78 is 7.88. The maximum Gasteiger partial charge on any atom is 0.119 e. The number of hydrogen-bond donors (Lipinski definition) is 1. The van der Waals surface area contributed by atoms with Gasteiger partial charge in [-0.15, -0.1) is 0 Å². The van der Waals surface area contributed by atoms with Gasteiger partial charge in [-0.25, -0.2) is 4.98 Å². The molecule has 0 aliphatic heterocycles. The molecule has 1 unspecified atom stereocenters. The molecule has 0 saturated heterocycles. The van der Waals surface area contributed by atoms with Crippen molar-refractivity contribution < 1.29 is 9.84 Å². The molecule has 0 radical (unpaired) electrons. The number of aromatic nitrogens is 2. The van der Waals surface area contributed by atoms with Crippen molar-refractivity contribution in [3.63, 3.8) is 0 Å². The molecule has 0 aliphatic carbocycles. The molecule has 1 atom stereocenters. The number of hydrogen-bond acceptors (Lipinski definition) is 3. The lowest BCUT2D eigenvalue weighted by molar-refractivity contribution is 0.174. The van der Waals surface area contributed by atoms with Crippen LogP contribution in [0.4, 0.5) is 0 Å². The first-order chi connectivity index (χ1) is 12.3. The predicted molar refractivity (Wildman–Crippen MR) is 98.4 cm³/mol. The lowest BCUT2D eigenvalue weighted by Gasteiger charge is -2.13. The summed E-state index contributed by atoms with van der Waals surface area (Å²) in [5.41, 5.74) is 2.01. The average Bonchev–Trinajstić information content (AvgIpc) is 3.08. The van der Waals surface area contributed by atoms with E-state index >= 15 is 0 Å². The molecule has 0 aliphatic rings. The minimum absolute atomic E-state index is 0.511. The Bertz CT molecular complexity index is 766. The molecule has 2 aromatic carbocycles. The molecular weight excluding hydrogens is 312 g/mol. The summed E-state index contributed by atoms with van der Waals surface area (Å²) in [6.07, 6.45) is 4.75. The molecule has 1 N–H and O–H groups in total. The second-order valence-electron chi connectivity index (χ2n) is 6.10. The summed E-state index contributed by atoms with van der Waals surface area (Å²) in [6, 6.07) is 17.7. The highest BCUT2D eigenvalue weighted by Gasteiger charge is 2.12. The molecule has 3 aromatic rings. The van der Waals surface area contributed by atoms with Crippen LogP contribution in [0.3, 0.4) is 0 Å². The van der Waals surface area contributed by atoms with E-state index in [9.17, 15) is 5.11 Å². The molecule has 0 amide bonds. The Labute approximate surface area is 148 Å². The van der Waals surface area contributed by atoms with Crippen molar-refractivity contribution in [2.24, 2.45) is 0 Å². The summed E-state index contributed by atoms with van der Waals surface area (Å²) in [7, 11) is 0. The van der Waals surface area contributed by atoms with E-state index in [1.165, 1.54) is 0 Å². The normalized spacial score (nSPS) is 12.1. The minimum atomic E-state index is -0.568. The molecule has 1 heterocycles. The van der Waals surface area contributed by atoms with Crippen LogP contribution in [-0.2, 0) is 19.6 Å². The summed E-state index contributed by atoms with van der Waals surface area (Å²) in [5, 5.41) is 10.5. The Morgan fingerprint density at radius 2 is 1.84 bits per heavy atom. The van der Waals surface area contributed by atoms with Gasteiger partial charge in [-0.2, -0.15) is 0 Å². The predicted octanol–water partition coefficient (Wildman–Crippen LogP) is 4.15. The van der Waals surface area contributed by atoms with Crippen LogP contribution in [0.5, 0.6) is 5.75 Å². The number of benzene rings is 2. The number of aliphatic hydroxyl groups excluding tert-OH is 1. The molecule has 4 heteroatoms. The van der Waals surface area contributed by atoms with Crippen molar-refractivity contribution in [2.75, 3.05) is 0 Å². The zero-order chi connectivity index (χ0) is 17.5. The number of imidazole rings is 1. The van der Waals surface area contributed by atoms with Crippen LogP contribution >= 0.6 is 0 Å². The van der Waals surface area contributed by atoms with Gasteiger partial charge in [-0.3, -0.25) is 0 Å². The fraction of sp³-hybridized carbons (Fsp3) is 0.286. The quantitative estimate of drug-likeness (QED) is 0.672. The highest BCUT2D eigenvalue weighted by molar-refractivity contribution is 5.29. The van der Waals surface area contributed by atoms with Gasteiger partial charge in [0.05, 0.1) is 6.10 Å². The second-order valence-corrected chi connectivity index (χ2v) is 6.10. The van der Waals surface area contributed by atoms with E-state index in [0.29, 0.717) is 13.0 Å². The number of nitrogens with zero attached hydrogens (tertiary/aromatic N) is 2. The maximum atomic E-state index is 10.5. The molecule has 25 heavy (non-hydrogen) atoms. The molecule has 0 bridgehead atoms. The van der Waals surface area contributed by atoms with Crippen LogP contribution in [0.1, 0.15) is 36.4 Å². The smallest absolute Gasteiger partial charge is 0.119 e. The molecule has 130 valence electrons. The highest BCUT2D eigenvalue weighted by atomic mass is 16.5. The molecule has 3 rings (SSSR count). The standard InChI is InChI=1S/C21H24N2O2/c1-2-13-23-14-12-22-21(23)15-20(24)18-8-10-19(11-9-18)25-16-17-6-4-3-5-7-17/h3-12,14,20,24H,2,13,15-16H2,1H3. The van der Waals surface area contributed by atoms with Gasteiger partial charge in [0.25, 0.3) is 0 Å². The molecule has 1 aromatic heterocycles. The summed E-state index contributed by atoms with van der Waals surface area (Å²) in [4.78, 5) is 4.36. The second kappa shape index (κ2) is 8.49. The van der Waals surface area contributed by atoms with Gasteiger partial charge in [0.2, 0.25) is 0 Å². The zero-order valence-corrected chi connectivity index (χ0v) is 14.5. The third-order valence-electron chi connectivity index (χ3n) is 4.16. The largest absolute Gasteiger partial charge is 0.489 e. The molecule has 4 nitrogen and oxygen atoms in total. The summed E-state index contributed by atoms with van der Waals surface area (Å²) >= 11 is 0. The monoisotopic (exact) mass is 336 g/mol. The van der Waals surface area contributed by atoms with Crippen LogP contribution in [0.2, 0.25) is 0 Å². The Kier molecular flexibility index (Phi) is 5.86. The number of aryl methyl sites for hydroxylation is 1. The first-order valence-corrected chi connectivity index (χ1v) is 8.71. The first-order valence-electron chi connectivity index (χ1n) is 8.71. The number of ether oxygens (including phenoxy) is 1. The minimum Gasteiger partial charge on any atom is -0.489 e. The Balaban J connectivity index is 1.58. The molecular formula is C21H24N2O2. The first kappa shape index (κ1) is 17.2. The van der Waals surface area contributed by atoms with Crippen LogP contribution in [0, 0.1) is 0 Å². The van der Waals surface area contributed by atoms with E-state index in [2.05, 4.69) is 16.5 Å². The van der Waals surface area contributed by atoms with Crippen molar-refractivity contribution in [1.29, 1.82) is 0 Å². The molecule has 0 spiro atoms. The summed E-state index contributed by atoms with van der Waals surface area (Å²) in [5.74, 6) is 1.71. The van der Waals surface area contributed by atoms with Crippen molar-refractivity contribution in [1.82, 2.24) is 9.55 Å². The van der Waals surface area contributed by atoms with E-state index in [1.807, 2.05) is 60.8 Å². The Morgan fingerprint density at radius 1 is 1.08 bits per heavy atom. The SMILES string of the molecule is CCCn1ccnc1CC(O)c1ccc(OCc2ccccc2)cc1. The van der Waals surface area contributed by atoms with Crippen LogP contribution in [0.25, 0.3) is 0 Å². The van der Waals surface area contributed by atoms with Gasteiger partial charge >= 0.3 is 0 Å². The lowest BCUT2D eigenvalue weighted by atomic mass is 10.1. The van der Waals surface area contributed by atoms with Gasteiger partial charge < -0.3 is 14.4 Å². The lowest BCUT2D eigenvalue weighted by Crippen LogP contribution is -2.09. The number of rotatable bonds is 8. The fourth-order valence-corrected chi connectivity index (χ4v) is 2.79. The Morgan fingerprint density at radius 3 is 2.56 bits per heavy atom. The van der Waals surface area contributed by atoms with Gasteiger partial charge in [-0.1, -0.05) is 49.4 Å². The van der Waals surface area contributed by atoms with E-state index in [-0.39, 0.29) is 0 Å². The number of aliphatic hydroxyl groups is 1. The zero-order valence-electron chi connectivity index (χ0n) is 14.5. The van der Waals surface area contributed by atoms with E-state index in [1.54, 1.807) is 6.20 Å². The van der Waals surface area contributed by atoms with Crippen LogP contribution in [0.15, 0.2) is 67.0 Å². The third-order valence-corrected chi connectivity index (χ3v) is 4.16. The van der Waals surface area contributed by atoms with Crippen molar-refractivity contribution >= 4 is 0 Å². The van der Waals surface area contributed by atoms with E-state index in [0.717, 1.165) is 35.7 Å². The van der Waals surface area contributed by atoms with Crippen molar-refractivity contribution in [2.45, 2.75) is 39.0 Å². The van der Waals surface area contributed by atoms with Crippen LogP contribution in [-0.4, -0.2) is 14.7 Å². The van der Waals surface area contributed by atoms with E-state index in [4.69, 9.17) is 4.74 Å². The van der Waals surface area contributed by atoms with Crippen LogP contribution < -0.4 is 4.74 Å². The fourth-order valence-electron chi connectivity index (χ4n) is 2.79. The average molecular weight is 336 g/mol.